The average Bonchev–Trinajstić information content (AvgIpc) is 2.80. The molecule has 2 aromatic carbocycles. The van der Waals surface area contributed by atoms with Crippen LogP contribution in [0.5, 0.6) is 11.5 Å². The lowest BCUT2D eigenvalue weighted by Gasteiger charge is -2.01. The van der Waals surface area contributed by atoms with Gasteiger partial charge in [-0.3, -0.25) is 4.79 Å². The van der Waals surface area contributed by atoms with Crippen molar-refractivity contribution in [1.82, 2.24) is 9.97 Å². The van der Waals surface area contributed by atoms with E-state index in [1.807, 2.05) is 0 Å². The third-order valence-electron chi connectivity index (χ3n) is 3.00. The van der Waals surface area contributed by atoms with Crippen molar-refractivity contribution in [3.8, 4) is 22.9 Å². The van der Waals surface area contributed by atoms with E-state index in [2.05, 4.69) is 9.97 Å². The summed E-state index contributed by atoms with van der Waals surface area (Å²) in [6, 6.07) is 9.11. The molecule has 100 valence electrons. The van der Waals surface area contributed by atoms with E-state index in [-0.39, 0.29) is 11.5 Å². The van der Waals surface area contributed by atoms with Gasteiger partial charge >= 0.3 is 0 Å². The van der Waals surface area contributed by atoms with Gasteiger partial charge in [-0.1, -0.05) is 0 Å². The first-order valence-corrected chi connectivity index (χ1v) is 5.86. The smallest absolute Gasteiger partial charge is 0.248 e. The number of aromatic amines is 1. The Morgan fingerprint density at radius 2 is 1.95 bits per heavy atom. The number of benzene rings is 2. The van der Waals surface area contributed by atoms with Crippen molar-refractivity contribution in [2.75, 3.05) is 0 Å². The van der Waals surface area contributed by atoms with Gasteiger partial charge < -0.3 is 20.9 Å². The molecule has 0 bridgehead atoms. The molecule has 0 unspecified atom stereocenters. The standard InChI is InChI=1S/C14H11N3O3/c15-13(20)7-1-4-10-11(5-7)17-14(16-10)9-3-2-8(18)6-12(9)19/h1-6,18-19H,(H2,15,20)(H,16,17). The number of phenolic OH excluding ortho intramolecular Hbond substituents is 2. The number of hydrogen-bond donors (Lipinski definition) is 4. The first kappa shape index (κ1) is 12.0. The predicted octanol–water partition coefficient (Wildman–Crippen LogP) is 1.74. The molecular formula is C14H11N3O3. The minimum atomic E-state index is -0.518. The van der Waals surface area contributed by atoms with E-state index in [0.717, 1.165) is 0 Å². The van der Waals surface area contributed by atoms with E-state index in [9.17, 15) is 15.0 Å². The quantitative estimate of drug-likeness (QED) is 0.567. The number of primary amides is 1. The Kier molecular flexibility index (Phi) is 2.57. The lowest BCUT2D eigenvalue weighted by molar-refractivity contribution is 0.100. The highest BCUT2D eigenvalue weighted by molar-refractivity contribution is 5.96. The zero-order chi connectivity index (χ0) is 14.3. The number of carbonyl (C=O) groups excluding carboxylic acids is 1. The van der Waals surface area contributed by atoms with E-state index in [1.54, 1.807) is 24.3 Å². The van der Waals surface area contributed by atoms with Gasteiger partial charge in [-0.15, -0.1) is 0 Å². The van der Waals surface area contributed by atoms with Gasteiger partial charge in [-0.05, 0) is 30.3 Å². The lowest BCUT2D eigenvalue weighted by Crippen LogP contribution is -2.10. The summed E-state index contributed by atoms with van der Waals surface area (Å²) in [5.41, 5.74) is 7.35. The third-order valence-corrected chi connectivity index (χ3v) is 3.00. The number of nitrogens with one attached hydrogen (secondary N) is 1. The van der Waals surface area contributed by atoms with Crippen molar-refractivity contribution in [1.29, 1.82) is 0 Å². The third kappa shape index (κ3) is 1.93. The molecule has 0 atom stereocenters. The first-order chi connectivity index (χ1) is 9.54. The largest absolute Gasteiger partial charge is 0.508 e. The zero-order valence-electron chi connectivity index (χ0n) is 10.3. The van der Waals surface area contributed by atoms with Gasteiger partial charge in [0, 0.05) is 11.6 Å². The van der Waals surface area contributed by atoms with E-state index < -0.39 is 5.91 Å². The van der Waals surface area contributed by atoms with Gasteiger partial charge in [0.15, 0.2) is 0 Å². The van der Waals surface area contributed by atoms with Crippen molar-refractivity contribution < 1.29 is 15.0 Å². The molecule has 1 heterocycles. The van der Waals surface area contributed by atoms with Crippen LogP contribution in [-0.4, -0.2) is 26.1 Å². The second kappa shape index (κ2) is 4.27. The highest BCUT2D eigenvalue weighted by Gasteiger charge is 2.11. The Morgan fingerprint density at radius 1 is 1.15 bits per heavy atom. The van der Waals surface area contributed by atoms with Crippen LogP contribution in [0.2, 0.25) is 0 Å². The minimum absolute atomic E-state index is 0.0293. The van der Waals surface area contributed by atoms with Crippen LogP contribution < -0.4 is 5.73 Å². The number of rotatable bonds is 2. The number of fused-ring (bicyclic) bond motifs is 1. The van der Waals surface area contributed by atoms with Gasteiger partial charge in [0.05, 0.1) is 16.6 Å². The summed E-state index contributed by atoms with van der Waals surface area (Å²) in [7, 11) is 0. The van der Waals surface area contributed by atoms with E-state index in [1.165, 1.54) is 12.1 Å². The maximum atomic E-state index is 11.1. The molecule has 0 aliphatic rings. The molecule has 6 nitrogen and oxygen atoms in total. The molecule has 5 N–H and O–H groups in total. The SMILES string of the molecule is NC(=O)c1ccc2nc(-c3ccc(O)cc3O)[nH]c2c1. The van der Waals surface area contributed by atoms with Crippen LogP contribution in [0, 0.1) is 0 Å². The molecular weight excluding hydrogens is 258 g/mol. The summed E-state index contributed by atoms with van der Waals surface area (Å²) in [6.07, 6.45) is 0. The minimum Gasteiger partial charge on any atom is -0.508 e. The zero-order valence-corrected chi connectivity index (χ0v) is 10.3. The predicted molar refractivity (Wildman–Crippen MR) is 73.4 cm³/mol. The highest BCUT2D eigenvalue weighted by atomic mass is 16.3. The fraction of sp³-hybridized carbons (Fsp3) is 0. The van der Waals surface area contributed by atoms with Crippen LogP contribution in [0.15, 0.2) is 36.4 Å². The summed E-state index contributed by atoms with van der Waals surface area (Å²) in [5.74, 6) is -0.188. The fourth-order valence-electron chi connectivity index (χ4n) is 2.01. The normalized spacial score (nSPS) is 10.8. The number of imidazole rings is 1. The molecule has 20 heavy (non-hydrogen) atoms. The Morgan fingerprint density at radius 3 is 2.65 bits per heavy atom. The van der Waals surface area contributed by atoms with Crippen LogP contribution in [0.3, 0.4) is 0 Å². The van der Waals surface area contributed by atoms with E-state index in [4.69, 9.17) is 5.73 Å². The highest BCUT2D eigenvalue weighted by Crippen LogP contribution is 2.31. The van der Waals surface area contributed by atoms with Crippen LogP contribution in [0.1, 0.15) is 10.4 Å². The summed E-state index contributed by atoms with van der Waals surface area (Å²) in [6.45, 7) is 0. The second-order valence-electron chi connectivity index (χ2n) is 4.38. The number of nitrogens with zero attached hydrogens (tertiary/aromatic N) is 1. The molecule has 1 amide bonds. The van der Waals surface area contributed by atoms with E-state index in [0.29, 0.717) is 28.0 Å². The average molecular weight is 269 g/mol. The van der Waals surface area contributed by atoms with Gasteiger partial charge in [-0.25, -0.2) is 4.98 Å². The number of H-pyrrole nitrogens is 1. The lowest BCUT2D eigenvalue weighted by atomic mass is 10.2. The Bertz CT molecular complexity index is 824. The fourth-order valence-corrected chi connectivity index (χ4v) is 2.01. The second-order valence-corrected chi connectivity index (χ2v) is 4.38. The number of phenols is 2. The van der Waals surface area contributed by atoms with Gasteiger partial charge in [0.1, 0.15) is 17.3 Å². The van der Waals surface area contributed by atoms with Crippen LogP contribution in [-0.2, 0) is 0 Å². The summed E-state index contributed by atoms with van der Waals surface area (Å²) in [5, 5.41) is 19.1. The van der Waals surface area contributed by atoms with Gasteiger partial charge in [0.25, 0.3) is 0 Å². The Labute approximate surface area is 113 Å². The molecule has 0 aliphatic heterocycles. The molecule has 0 spiro atoms. The molecule has 0 saturated heterocycles. The summed E-state index contributed by atoms with van der Waals surface area (Å²) < 4.78 is 0. The molecule has 0 fully saturated rings. The number of aromatic nitrogens is 2. The van der Waals surface area contributed by atoms with Crippen molar-refractivity contribution in [2.45, 2.75) is 0 Å². The topological polar surface area (TPSA) is 112 Å². The van der Waals surface area contributed by atoms with Gasteiger partial charge in [0.2, 0.25) is 5.91 Å². The van der Waals surface area contributed by atoms with E-state index >= 15 is 0 Å². The van der Waals surface area contributed by atoms with Crippen LogP contribution in [0.25, 0.3) is 22.4 Å². The summed E-state index contributed by atoms with van der Waals surface area (Å²) >= 11 is 0. The summed E-state index contributed by atoms with van der Waals surface area (Å²) in [4.78, 5) is 18.5. The van der Waals surface area contributed by atoms with Gasteiger partial charge in [-0.2, -0.15) is 0 Å². The number of hydrogen-bond acceptors (Lipinski definition) is 4. The Hall–Kier alpha value is -3.02. The number of nitrogens with two attached hydrogens (primary N) is 1. The van der Waals surface area contributed by atoms with Crippen molar-refractivity contribution in [3.63, 3.8) is 0 Å². The van der Waals surface area contributed by atoms with Crippen molar-refractivity contribution in [2.24, 2.45) is 5.73 Å². The molecule has 0 saturated carbocycles. The first-order valence-electron chi connectivity index (χ1n) is 5.86. The molecule has 3 rings (SSSR count). The molecule has 0 aliphatic carbocycles. The molecule has 3 aromatic rings. The number of aromatic hydroxyl groups is 2. The molecule has 6 heteroatoms. The van der Waals surface area contributed by atoms with Crippen molar-refractivity contribution in [3.05, 3.63) is 42.0 Å². The van der Waals surface area contributed by atoms with Crippen LogP contribution >= 0.6 is 0 Å². The maximum absolute atomic E-state index is 11.1. The monoisotopic (exact) mass is 269 g/mol. The van der Waals surface area contributed by atoms with Crippen LogP contribution in [0.4, 0.5) is 0 Å². The number of amides is 1. The molecule has 1 aromatic heterocycles. The van der Waals surface area contributed by atoms with Crippen molar-refractivity contribution >= 4 is 16.9 Å². The maximum Gasteiger partial charge on any atom is 0.248 e. The number of carbonyl (C=O) groups is 1. The Balaban J connectivity index is 2.15. The molecule has 0 radical (unpaired) electrons.